The van der Waals surface area contributed by atoms with E-state index in [0.717, 1.165) is 16.9 Å². The van der Waals surface area contributed by atoms with Crippen LogP contribution in [0.4, 0.5) is 5.69 Å². The Bertz CT molecular complexity index is 681. The third-order valence-electron chi connectivity index (χ3n) is 3.39. The van der Waals surface area contributed by atoms with Crippen molar-refractivity contribution in [1.29, 1.82) is 0 Å². The van der Waals surface area contributed by atoms with Crippen LogP contribution < -0.4 is 15.8 Å². The van der Waals surface area contributed by atoms with Gasteiger partial charge in [-0.2, -0.15) is 0 Å². The molecule has 0 saturated carbocycles. The third kappa shape index (κ3) is 5.47. The topological polar surface area (TPSA) is 81.4 Å². The zero-order valence-corrected chi connectivity index (χ0v) is 13.0. The molecule has 2 aromatic rings. The highest BCUT2D eigenvalue weighted by molar-refractivity contribution is 5.90. The van der Waals surface area contributed by atoms with E-state index in [1.807, 2.05) is 24.3 Å². The van der Waals surface area contributed by atoms with Gasteiger partial charge in [0, 0.05) is 12.1 Å². The lowest BCUT2D eigenvalue weighted by Crippen LogP contribution is -2.14. The van der Waals surface area contributed by atoms with Crippen LogP contribution in [0.2, 0.25) is 0 Å². The molecule has 0 radical (unpaired) electrons. The fraction of sp³-hybridized carbons (Fsp3) is 0.222. The Balaban J connectivity index is 1.85. The molecule has 5 nitrogen and oxygen atoms in total. The zero-order valence-electron chi connectivity index (χ0n) is 13.0. The Morgan fingerprint density at radius 3 is 2.48 bits per heavy atom. The molecule has 23 heavy (non-hydrogen) atoms. The third-order valence-corrected chi connectivity index (χ3v) is 3.39. The predicted octanol–water partition coefficient (Wildman–Crippen LogP) is 2.29. The molecule has 0 aliphatic heterocycles. The summed E-state index contributed by atoms with van der Waals surface area (Å²) in [5.74, 6) is 0.350. The number of anilines is 1. The van der Waals surface area contributed by atoms with E-state index in [1.165, 1.54) is 0 Å². The molecule has 0 aliphatic carbocycles. The number of carbonyl (C=O) groups is 2. The number of ether oxygens (including phenoxy) is 1. The molecule has 5 heteroatoms. The molecule has 0 unspecified atom stereocenters. The van der Waals surface area contributed by atoms with Gasteiger partial charge in [-0.05, 0) is 41.8 Å². The van der Waals surface area contributed by atoms with Crippen molar-refractivity contribution in [3.05, 3.63) is 59.7 Å². The SMILES string of the molecule is COc1cccc(CCC(=O)Nc2ccc(CC(N)=O)cc2)c1. The number of aryl methyl sites for hydroxylation is 1. The highest BCUT2D eigenvalue weighted by Gasteiger charge is 2.05. The average Bonchev–Trinajstić information content (AvgIpc) is 2.54. The summed E-state index contributed by atoms with van der Waals surface area (Å²) in [6.07, 6.45) is 1.23. The van der Waals surface area contributed by atoms with E-state index in [1.54, 1.807) is 31.4 Å². The van der Waals surface area contributed by atoms with Crippen LogP contribution in [0.3, 0.4) is 0 Å². The second kappa shape index (κ2) is 7.98. The highest BCUT2D eigenvalue weighted by Crippen LogP contribution is 2.15. The minimum Gasteiger partial charge on any atom is -0.497 e. The lowest BCUT2D eigenvalue weighted by atomic mass is 10.1. The van der Waals surface area contributed by atoms with Gasteiger partial charge in [0.25, 0.3) is 0 Å². The monoisotopic (exact) mass is 312 g/mol. The number of nitrogens with two attached hydrogens (primary N) is 1. The van der Waals surface area contributed by atoms with Crippen LogP contribution in [0.5, 0.6) is 5.75 Å². The number of hydrogen-bond donors (Lipinski definition) is 2. The van der Waals surface area contributed by atoms with Crippen molar-refractivity contribution in [1.82, 2.24) is 0 Å². The normalized spacial score (nSPS) is 10.1. The van der Waals surface area contributed by atoms with Crippen LogP contribution in [0, 0.1) is 0 Å². The largest absolute Gasteiger partial charge is 0.497 e. The van der Waals surface area contributed by atoms with Crippen LogP contribution in [0.15, 0.2) is 48.5 Å². The fourth-order valence-corrected chi connectivity index (χ4v) is 2.22. The van der Waals surface area contributed by atoms with Crippen molar-refractivity contribution >= 4 is 17.5 Å². The molecule has 120 valence electrons. The summed E-state index contributed by atoms with van der Waals surface area (Å²) in [5, 5.41) is 2.83. The van der Waals surface area contributed by atoms with Gasteiger partial charge in [-0.25, -0.2) is 0 Å². The molecule has 0 aliphatic rings. The summed E-state index contributed by atoms with van der Waals surface area (Å²) in [5.41, 5.74) is 7.72. The Labute approximate surface area is 135 Å². The number of hydrogen-bond acceptors (Lipinski definition) is 3. The molecule has 0 aromatic heterocycles. The number of amides is 2. The number of carbonyl (C=O) groups excluding carboxylic acids is 2. The van der Waals surface area contributed by atoms with E-state index < -0.39 is 0 Å². The minimum absolute atomic E-state index is 0.0597. The first kappa shape index (κ1) is 16.5. The predicted molar refractivity (Wildman–Crippen MR) is 89.3 cm³/mol. The number of rotatable bonds is 7. The smallest absolute Gasteiger partial charge is 0.224 e. The van der Waals surface area contributed by atoms with Crippen LogP contribution >= 0.6 is 0 Å². The standard InChI is InChI=1S/C18H20N2O3/c1-23-16-4-2-3-13(11-16)7-10-18(22)20-15-8-5-14(6-9-15)12-17(19)21/h2-6,8-9,11H,7,10,12H2,1H3,(H2,19,21)(H,20,22). The Hall–Kier alpha value is -2.82. The van der Waals surface area contributed by atoms with Crippen LogP contribution in [-0.4, -0.2) is 18.9 Å². The summed E-state index contributed by atoms with van der Waals surface area (Å²) in [6.45, 7) is 0. The van der Waals surface area contributed by atoms with Gasteiger partial charge in [-0.1, -0.05) is 24.3 Å². The molecule has 0 heterocycles. The van der Waals surface area contributed by atoms with Crippen molar-refractivity contribution in [3.8, 4) is 5.75 Å². The van der Waals surface area contributed by atoms with Crippen molar-refractivity contribution in [2.75, 3.05) is 12.4 Å². The summed E-state index contributed by atoms with van der Waals surface area (Å²) < 4.78 is 5.16. The molecule has 0 fully saturated rings. The van der Waals surface area contributed by atoms with Gasteiger partial charge in [0.2, 0.25) is 11.8 Å². The van der Waals surface area contributed by atoms with E-state index in [0.29, 0.717) is 18.5 Å². The first-order chi connectivity index (χ1) is 11.1. The second-order valence-corrected chi connectivity index (χ2v) is 5.24. The van der Waals surface area contributed by atoms with Gasteiger partial charge in [-0.3, -0.25) is 9.59 Å². The fourth-order valence-electron chi connectivity index (χ4n) is 2.22. The molecular weight excluding hydrogens is 292 g/mol. The Morgan fingerprint density at radius 1 is 1.09 bits per heavy atom. The molecule has 0 saturated heterocycles. The summed E-state index contributed by atoms with van der Waals surface area (Å²) in [7, 11) is 1.62. The van der Waals surface area contributed by atoms with Gasteiger partial charge >= 0.3 is 0 Å². The van der Waals surface area contributed by atoms with E-state index in [9.17, 15) is 9.59 Å². The number of nitrogens with one attached hydrogen (secondary N) is 1. The Morgan fingerprint density at radius 2 is 1.83 bits per heavy atom. The van der Waals surface area contributed by atoms with E-state index in [4.69, 9.17) is 10.5 Å². The van der Waals surface area contributed by atoms with Crippen molar-refractivity contribution in [3.63, 3.8) is 0 Å². The molecule has 0 atom stereocenters. The number of methoxy groups -OCH3 is 1. The van der Waals surface area contributed by atoms with Crippen molar-refractivity contribution in [2.24, 2.45) is 5.73 Å². The van der Waals surface area contributed by atoms with E-state index >= 15 is 0 Å². The average molecular weight is 312 g/mol. The van der Waals surface area contributed by atoms with E-state index in [2.05, 4.69) is 5.32 Å². The molecule has 2 aromatic carbocycles. The molecule has 2 amide bonds. The zero-order chi connectivity index (χ0) is 16.7. The summed E-state index contributed by atoms with van der Waals surface area (Å²) >= 11 is 0. The summed E-state index contributed by atoms with van der Waals surface area (Å²) in [4.78, 5) is 22.8. The first-order valence-corrected chi connectivity index (χ1v) is 7.37. The Kier molecular flexibility index (Phi) is 5.74. The second-order valence-electron chi connectivity index (χ2n) is 5.24. The highest BCUT2D eigenvalue weighted by atomic mass is 16.5. The van der Waals surface area contributed by atoms with Crippen LogP contribution in [0.25, 0.3) is 0 Å². The maximum atomic E-state index is 12.0. The van der Waals surface area contributed by atoms with Crippen LogP contribution in [-0.2, 0) is 22.4 Å². The maximum absolute atomic E-state index is 12.0. The lowest BCUT2D eigenvalue weighted by molar-refractivity contribution is -0.117. The van der Waals surface area contributed by atoms with Crippen molar-refractivity contribution in [2.45, 2.75) is 19.3 Å². The van der Waals surface area contributed by atoms with Gasteiger partial charge in [-0.15, -0.1) is 0 Å². The van der Waals surface area contributed by atoms with Gasteiger partial charge in [0.15, 0.2) is 0 Å². The molecule has 0 bridgehead atoms. The number of benzene rings is 2. The van der Waals surface area contributed by atoms with Gasteiger partial charge < -0.3 is 15.8 Å². The number of primary amides is 1. The minimum atomic E-state index is -0.375. The molecular formula is C18H20N2O3. The van der Waals surface area contributed by atoms with Crippen LogP contribution in [0.1, 0.15) is 17.5 Å². The molecule has 0 spiro atoms. The maximum Gasteiger partial charge on any atom is 0.224 e. The first-order valence-electron chi connectivity index (χ1n) is 7.37. The van der Waals surface area contributed by atoms with Gasteiger partial charge in [0.1, 0.15) is 5.75 Å². The molecule has 3 N–H and O–H groups in total. The van der Waals surface area contributed by atoms with Gasteiger partial charge in [0.05, 0.1) is 13.5 Å². The summed E-state index contributed by atoms with van der Waals surface area (Å²) in [6, 6.07) is 14.8. The lowest BCUT2D eigenvalue weighted by Gasteiger charge is -2.07. The quantitative estimate of drug-likeness (QED) is 0.823. The van der Waals surface area contributed by atoms with Crippen molar-refractivity contribution < 1.29 is 14.3 Å². The van der Waals surface area contributed by atoms with E-state index in [-0.39, 0.29) is 18.2 Å². The molecule has 2 rings (SSSR count).